The monoisotopic (exact) mass is 592 g/mol. The minimum absolute atomic E-state index is 0.129. The number of carboxylic acid groups (broad SMARTS) is 1. The molecule has 0 saturated carbocycles. The molecule has 10 nitrogen and oxygen atoms in total. The van der Waals surface area contributed by atoms with E-state index in [1.165, 1.54) is 4.90 Å². The highest BCUT2D eigenvalue weighted by Crippen LogP contribution is 2.35. The zero-order valence-electron chi connectivity index (χ0n) is 25.1. The molecule has 3 N–H and O–H groups in total. The van der Waals surface area contributed by atoms with Gasteiger partial charge in [0.2, 0.25) is 0 Å². The SMILES string of the molecule is CC(C)(C)OC(=O)N1CCCC1c1nc2ccc(-c3ccc4cc(-c5cnc(C6CCCN6C(=O)O)[nH]5)ccc4c3)cc2[nH]1. The normalized spacial score (nSPS) is 18.9. The summed E-state index contributed by atoms with van der Waals surface area (Å²) >= 11 is 0. The number of H-pyrrole nitrogens is 2. The first kappa shape index (κ1) is 27.9. The number of hydrogen-bond acceptors (Lipinski definition) is 5. The summed E-state index contributed by atoms with van der Waals surface area (Å²) in [6.45, 7) is 6.85. The van der Waals surface area contributed by atoms with Crippen LogP contribution in [0.1, 0.15) is 70.2 Å². The first-order chi connectivity index (χ1) is 21.1. The van der Waals surface area contributed by atoms with E-state index < -0.39 is 11.7 Å². The van der Waals surface area contributed by atoms with E-state index in [1.807, 2.05) is 26.8 Å². The smallest absolute Gasteiger partial charge is 0.410 e. The molecule has 5 aromatic rings. The maximum Gasteiger partial charge on any atom is 0.410 e. The topological polar surface area (TPSA) is 127 Å². The van der Waals surface area contributed by atoms with Crippen LogP contribution in [-0.4, -0.2) is 65.7 Å². The van der Waals surface area contributed by atoms with Gasteiger partial charge in [0, 0.05) is 18.7 Å². The third kappa shape index (κ3) is 5.25. The molecule has 0 spiro atoms. The molecular formula is C34H36N6O4. The van der Waals surface area contributed by atoms with Crippen LogP contribution in [0.25, 0.3) is 44.2 Å². The van der Waals surface area contributed by atoms with Crippen molar-refractivity contribution in [2.24, 2.45) is 0 Å². The Hall–Kier alpha value is -4.86. The number of rotatable bonds is 4. The van der Waals surface area contributed by atoms with Crippen LogP contribution in [0, 0.1) is 0 Å². The number of nitrogens with one attached hydrogen (secondary N) is 2. The molecule has 2 fully saturated rings. The lowest BCUT2D eigenvalue weighted by molar-refractivity contribution is 0.0219. The Bertz CT molecular complexity index is 1890. The van der Waals surface area contributed by atoms with E-state index in [4.69, 9.17) is 9.72 Å². The predicted molar refractivity (Wildman–Crippen MR) is 168 cm³/mol. The van der Waals surface area contributed by atoms with Crippen LogP contribution >= 0.6 is 0 Å². The largest absolute Gasteiger partial charge is 0.465 e. The van der Waals surface area contributed by atoms with E-state index in [0.29, 0.717) is 18.9 Å². The fourth-order valence-corrected chi connectivity index (χ4v) is 6.48. The minimum Gasteiger partial charge on any atom is -0.465 e. The molecule has 226 valence electrons. The number of hydrogen-bond donors (Lipinski definition) is 3. The van der Waals surface area contributed by atoms with Gasteiger partial charge in [0.1, 0.15) is 17.2 Å². The van der Waals surface area contributed by atoms with Gasteiger partial charge in [0.15, 0.2) is 0 Å². The molecular weight excluding hydrogens is 556 g/mol. The average molecular weight is 593 g/mol. The summed E-state index contributed by atoms with van der Waals surface area (Å²) < 4.78 is 5.64. The summed E-state index contributed by atoms with van der Waals surface area (Å²) in [6, 6.07) is 18.6. The van der Waals surface area contributed by atoms with Crippen LogP contribution in [0.2, 0.25) is 0 Å². The molecule has 2 unspecified atom stereocenters. The molecule has 2 aliphatic heterocycles. The van der Waals surface area contributed by atoms with Gasteiger partial charge in [-0.25, -0.2) is 19.6 Å². The molecule has 2 amide bonds. The van der Waals surface area contributed by atoms with Crippen molar-refractivity contribution in [2.45, 2.75) is 64.1 Å². The molecule has 4 heterocycles. The van der Waals surface area contributed by atoms with E-state index in [-0.39, 0.29) is 18.2 Å². The fraction of sp³-hybridized carbons (Fsp3) is 0.353. The number of carbonyl (C=O) groups is 2. The van der Waals surface area contributed by atoms with E-state index in [9.17, 15) is 14.7 Å². The number of aromatic nitrogens is 4. The molecule has 2 atom stereocenters. The van der Waals surface area contributed by atoms with Gasteiger partial charge >= 0.3 is 12.2 Å². The van der Waals surface area contributed by atoms with Crippen LogP contribution in [0.4, 0.5) is 9.59 Å². The fourth-order valence-electron chi connectivity index (χ4n) is 6.48. The summed E-state index contributed by atoms with van der Waals surface area (Å²) in [5.74, 6) is 1.48. The van der Waals surface area contributed by atoms with Crippen molar-refractivity contribution in [3.8, 4) is 22.4 Å². The number of likely N-dealkylation sites (tertiary alicyclic amines) is 2. The number of fused-ring (bicyclic) bond motifs is 2. The average Bonchev–Trinajstić information content (AvgIpc) is 3.80. The molecule has 0 radical (unpaired) electrons. The van der Waals surface area contributed by atoms with Crippen molar-refractivity contribution in [2.75, 3.05) is 13.1 Å². The van der Waals surface area contributed by atoms with Crippen molar-refractivity contribution >= 4 is 34.0 Å². The van der Waals surface area contributed by atoms with Gasteiger partial charge in [-0.3, -0.25) is 9.80 Å². The Morgan fingerprint density at radius 1 is 0.841 bits per heavy atom. The summed E-state index contributed by atoms with van der Waals surface area (Å²) in [7, 11) is 0. The predicted octanol–water partition coefficient (Wildman–Crippen LogP) is 7.66. The standard InChI is InChI=1S/C34H36N6O4/c1-34(2,3)44-33(43)40-15-5-7-29(40)31-36-25-13-12-23(18-26(25)37-31)21-8-9-22-17-24(11-10-20(22)16-21)27-19-35-30(38-27)28-6-4-14-39(28)32(41)42/h8-13,16-19,28-29H,4-7,14-15H2,1-3H3,(H,35,38)(H,36,37)(H,41,42). The van der Waals surface area contributed by atoms with Crippen molar-refractivity contribution in [1.29, 1.82) is 0 Å². The van der Waals surface area contributed by atoms with Gasteiger partial charge < -0.3 is 19.8 Å². The highest BCUT2D eigenvalue weighted by atomic mass is 16.6. The lowest BCUT2D eigenvalue weighted by Crippen LogP contribution is -2.36. The molecule has 0 bridgehead atoms. The van der Waals surface area contributed by atoms with Gasteiger partial charge in [0.05, 0.1) is 35.0 Å². The number of nitrogens with zero attached hydrogens (tertiary/aromatic N) is 4. The van der Waals surface area contributed by atoms with Crippen molar-refractivity contribution < 1.29 is 19.4 Å². The van der Waals surface area contributed by atoms with E-state index >= 15 is 0 Å². The third-order valence-corrected chi connectivity index (χ3v) is 8.59. The molecule has 3 aromatic carbocycles. The van der Waals surface area contributed by atoms with Gasteiger partial charge in [-0.1, -0.05) is 30.3 Å². The zero-order valence-corrected chi connectivity index (χ0v) is 25.1. The second kappa shape index (κ2) is 10.7. The van der Waals surface area contributed by atoms with Crippen molar-refractivity contribution in [1.82, 2.24) is 29.7 Å². The number of imidazole rings is 2. The maximum absolute atomic E-state index is 12.8. The zero-order chi connectivity index (χ0) is 30.6. The lowest BCUT2D eigenvalue weighted by Gasteiger charge is -2.27. The molecule has 2 saturated heterocycles. The molecule has 2 aromatic heterocycles. The number of ether oxygens (including phenoxy) is 1. The number of amides is 2. The Kier molecular flexibility index (Phi) is 6.79. The van der Waals surface area contributed by atoms with Gasteiger partial charge in [0.25, 0.3) is 0 Å². The first-order valence-electron chi connectivity index (χ1n) is 15.2. The van der Waals surface area contributed by atoms with Crippen molar-refractivity contribution in [3.05, 3.63) is 72.4 Å². The molecule has 7 rings (SSSR count). The highest BCUT2D eigenvalue weighted by molar-refractivity contribution is 5.91. The van der Waals surface area contributed by atoms with Crippen LogP contribution in [-0.2, 0) is 4.74 Å². The van der Waals surface area contributed by atoms with Gasteiger partial charge in [-0.05, 0) is 92.6 Å². The first-order valence-corrected chi connectivity index (χ1v) is 15.2. The number of carbonyl (C=O) groups excluding carboxylic acids is 1. The van der Waals surface area contributed by atoms with Crippen molar-refractivity contribution in [3.63, 3.8) is 0 Å². The summed E-state index contributed by atoms with van der Waals surface area (Å²) in [6.07, 6.45) is 3.96. The second-order valence-corrected chi connectivity index (χ2v) is 12.8. The molecule has 2 aliphatic rings. The summed E-state index contributed by atoms with van der Waals surface area (Å²) in [5.41, 5.74) is 5.30. The van der Waals surface area contributed by atoms with Crippen LogP contribution in [0.15, 0.2) is 60.8 Å². The van der Waals surface area contributed by atoms with Crippen LogP contribution in [0.3, 0.4) is 0 Å². The molecule has 44 heavy (non-hydrogen) atoms. The molecule has 10 heteroatoms. The Morgan fingerprint density at radius 2 is 1.48 bits per heavy atom. The summed E-state index contributed by atoms with van der Waals surface area (Å²) in [5, 5.41) is 11.7. The van der Waals surface area contributed by atoms with E-state index in [0.717, 1.165) is 75.7 Å². The molecule has 0 aliphatic carbocycles. The quantitative estimate of drug-likeness (QED) is 0.197. The Balaban J connectivity index is 1.12. The van der Waals surface area contributed by atoms with Gasteiger partial charge in [-0.15, -0.1) is 0 Å². The van der Waals surface area contributed by atoms with E-state index in [1.54, 1.807) is 11.1 Å². The maximum atomic E-state index is 12.8. The number of aromatic amines is 2. The minimum atomic E-state index is -0.905. The Labute approximate surface area is 255 Å². The highest BCUT2D eigenvalue weighted by Gasteiger charge is 2.35. The number of benzene rings is 3. The lowest BCUT2D eigenvalue weighted by atomic mass is 9.99. The second-order valence-electron chi connectivity index (χ2n) is 12.8. The van der Waals surface area contributed by atoms with Gasteiger partial charge in [-0.2, -0.15) is 0 Å². The van der Waals surface area contributed by atoms with Crippen LogP contribution in [0.5, 0.6) is 0 Å². The summed E-state index contributed by atoms with van der Waals surface area (Å²) in [4.78, 5) is 43.9. The third-order valence-electron chi connectivity index (χ3n) is 8.59. The van der Waals surface area contributed by atoms with Crippen LogP contribution < -0.4 is 0 Å². The Morgan fingerprint density at radius 3 is 2.20 bits per heavy atom. The van der Waals surface area contributed by atoms with E-state index in [2.05, 4.69) is 63.5 Å².